The highest BCUT2D eigenvalue weighted by molar-refractivity contribution is 6.04. The van der Waals surface area contributed by atoms with Gasteiger partial charge in [-0.2, -0.15) is 5.10 Å². The average molecular weight is 447 g/mol. The minimum atomic E-state index is -0.969. The van der Waals surface area contributed by atoms with Crippen LogP contribution in [0.2, 0.25) is 0 Å². The van der Waals surface area contributed by atoms with Gasteiger partial charge in [-0.25, -0.2) is 29.2 Å². The van der Waals surface area contributed by atoms with Crippen LogP contribution in [0.4, 0.5) is 10.2 Å². The van der Waals surface area contributed by atoms with Crippen molar-refractivity contribution >= 4 is 17.3 Å². The number of hydrogen-bond acceptors (Lipinski definition) is 8. The molecule has 2 atom stereocenters. The minimum Gasteiger partial charge on any atom is -0.496 e. The highest BCUT2D eigenvalue weighted by atomic mass is 19.1. The summed E-state index contributed by atoms with van der Waals surface area (Å²) in [6.45, 7) is 3.74. The number of benzene rings is 1. The van der Waals surface area contributed by atoms with Gasteiger partial charge in [0, 0.05) is 18.0 Å². The zero-order valence-corrected chi connectivity index (χ0v) is 18.3. The summed E-state index contributed by atoms with van der Waals surface area (Å²) in [5.74, 6) is 1.36. The summed E-state index contributed by atoms with van der Waals surface area (Å²) in [5.41, 5.74) is 4.54. The van der Waals surface area contributed by atoms with Crippen LogP contribution in [-0.2, 0) is 10.6 Å². The van der Waals surface area contributed by atoms with Gasteiger partial charge < -0.3 is 10.1 Å². The Hall–Kier alpha value is -4.05. The van der Waals surface area contributed by atoms with Crippen LogP contribution in [0, 0.1) is 5.82 Å². The third-order valence-electron chi connectivity index (χ3n) is 5.46. The molecule has 0 amide bonds. The summed E-state index contributed by atoms with van der Waals surface area (Å²) < 4.78 is 20.8. The fourth-order valence-electron chi connectivity index (χ4n) is 3.73. The maximum atomic E-state index is 13.8. The van der Waals surface area contributed by atoms with E-state index in [1.165, 1.54) is 12.1 Å². The Kier molecular flexibility index (Phi) is 5.14. The molecule has 0 saturated heterocycles. The van der Waals surface area contributed by atoms with Gasteiger partial charge in [0.2, 0.25) is 5.72 Å². The van der Waals surface area contributed by atoms with Crippen molar-refractivity contribution in [2.75, 3.05) is 12.4 Å². The van der Waals surface area contributed by atoms with Gasteiger partial charge in [0.25, 0.3) is 0 Å². The number of nitrogens with zero attached hydrogens (tertiary/aromatic N) is 5. The number of ether oxygens (including phenoxy) is 1. The summed E-state index contributed by atoms with van der Waals surface area (Å²) in [6, 6.07) is 11.5. The van der Waals surface area contributed by atoms with Gasteiger partial charge in [-0.3, -0.25) is 4.98 Å². The van der Waals surface area contributed by atoms with Crippen molar-refractivity contribution in [2.24, 2.45) is 4.99 Å². The van der Waals surface area contributed by atoms with Gasteiger partial charge in [0.15, 0.2) is 11.5 Å². The van der Waals surface area contributed by atoms with Crippen LogP contribution in [0.3, 0.4) is 0 Å². The standard InChI is InChI=1S/C23H22FN7O2/c1-14(16-12-15(24)7-8-18(16)32-3)27-20-9-11-31-22(28-20)17(13-26-31)21-29-23(2,33-30-21)19-6-4-5-10-25-19/h4-14H,1-3H3,(H,27,28)(H,29,30)/t14-,23+/m1/s1. The number of anilines is 1. The van der Waals surface area contributed by atoms with Crippen molar-refractivity contribution in [3.05, 3.63) is 83.7 Å². The van der Waals surface area contributed by atoms with Crippen LogP contribution < -0.4 is 15.5 Å². The Balaban J connectivity index is 1.46. The van der Waals surface area contributed by atoms with E-state index in [0.717, 1.165) is 0 Å². The van der Waals surface area contributed by atoms with Crippen molar-refractivity contribution in [1.29, 1.82) is 0 Å². The molecular weight excluding hydrogens is 425 g/mol. The van der Waals surface area contributed by atoms with Crippen LogP contribution in [-0.4, -0.2) is 32.5 Å². The molecule has 0 aliphatic carbocycles. The molecule has 33 heavy (non-hydrogen) atoms. The van der Waals surface area contributed by atoms with E-state index in [4.69, 9.17) is 19.6 Å². The lowest BCUT2D eigenvalue weighted by molar-refractivity contribution is -0.0481. The van der Waals surface area contributed by atoms with Crippen molar-refractivity contribution < 1.29 is 14.0 Å². The molecule has 4 aromatic rings. The molecule has 1 aliphatic heterocycles. The smallest absolute Gasteiger partial charge is 0.226 e. The second-order valence-electron chi connectivity index (χ2n) is 7.75. The van der Waals surface area contributed by atoms with Crippen LogP contribution in [0.5, 0.6) is 5.75 Å². The van der Waals surface area contributed by atoms with Gasteiger partial charge in [-0.15, -0.1) is 0 Å². The van der Waals surface area contributed by atoms with Crippen molar-refractivity contribution in [2.45, 2.75) is 25.6 Å². The summed E-state index contributed by atoms with van der Waals surface area (Å²) in [4.78, 5) is 19.5. The molecule has 10 heteroatoms. The maximum absolute atomic E-state index is 13.8. The molecule has 168 valence electrons. The molecule has 1 aliphatic rings. The van der Waals surface area contributed by atoms with E-state index in [1.54, 1.807) is 42.3 Å². The summed E-state index contributed by atoms with van der Waals surface area (Å²) in [5, 5.41) is 7.67. The lowest BCUT2D eigenvalue weighted by atomic mass is 10.1. The molecule has 5 rings (SSSR count). The molecule has 0 unspecified atom stereocenters. The molecule has 2 N–H and O–H groups in total. The number of nitrogens with one attached hydrogen (secondary N) is 2. The fourth-order valence-corrected chi connectivity index (χ4v) is 3.73. The summed E-state index contributed by atoms with van der Waals surface area (Å²) in [7, 11) is 1.56. The van der Waals surface area contributed by atoms with Gasteiger partial charge in [0.05, 0.1) is 30.6 Å². The van der Waals surface area contributed by atoms with Gasteiger partial charge in [-0.05, 0) is 50.2 Å². The molecule has 0 radical (unpaired) electrons. The number of aromatic nitrogens is 4. The topological polar surface area (TPSA) is 98.0 Å². The number of methoxy groups -OCH3 is 1. The molecule has 0 fully saturated rings. The van der Waals surface area contributed by atoms with Crippen LogP contribution >= 0.6 is 0 Å². The third-order valence-corrected chi connectivity index (χ3v) is 5.46. The van der Waals surface area contributed by atoms with E-state index in [2.05, 4.69) is 20.9 Å². The van der Waals surface area contributed by atoms with E-state index < -0.39 is 5.72 Å². The molecule has 9 nitrogen and oxygen atoms in total. The quantitative estimate of drug-likeness (QED) is 0.466. The Labute approximate surface area is 189 Å². The number of halogens is 1. The van der Waals surface area contributed by atoms with Gasteiger partial charge in [-0.1, -0.05) is 6.07 Å². The normalized spacial score (nSPS) is 18.6. The molecule has 0 saturated carbocycles. The first kappa shape index (κ1) is 20.8. The highest BCUT2D eigenvalue weighted by Gasteiger charge is 2.36. The van der Waals surface area contributed by atoms with E-state index in [0.29, 0.717) is 39.9 Å². The van der Waals surface area contributed by atoms with Gasteiger partial charge in [0.1, 0.15) is 17.4 Å². The Bertz CT molecular complexity index is 1340. The third kappa shape index (κ3) is 3.85. The maximum Gasteiger partial charge on any atom is 0.226 e. The predicted octanol–water partition coefficient (Wildman–Crippen LogP) is 3.60. The number of amidine groups is 1. The second kappa shape index (κ2) is 8.14. The van der Waals surface area contributed by atoms with Crippen LogP contribution in [0.25, 0.3) is 5.65 Å². The lowest BCUT2D eigenvalue weighted by Gasteiger charge is -2.18. The zero-order valence-electron chi connectivity index (χ0n) is 18.3. The van der Waals surface area contributed by atoms with Crippen molar-refractivity contribution in [1.82, 2.24) is 25.1 Å². The number of aliphatic imine (C=N–C) groups is 1. The second-order valence-corrected chi connectivity index (χ2v) is 7.75. The van der Waals surface area contributed by atoms with Crippen molar-refractivity contribution in [3.63, 3.8) is 0 Å². The number of pyridine rings is 1. The van der Waals surface area contributed by atoms with E-state index in [-0.39, 0.29) is 11.9 Å². The number of fused-ring (bicyclic) bond motifs is 1. The molecule has 3 aromatic heterocycles. The Morgan fingerprint density at radius 2 is 2.12 bits per heavy atom. The van der Waals surface area contributed by atoms with Gasteiger partial charge >= 0.3 is 0 Å². The summed E-state index contributed by atoms with van der Waals surface area (Å²) >= 11 is 0. The molecule has 4 heterocycles. The van der Waals surface area contributed by atoms with Crippen LogP contribution in [0.15, 0.2) is 66.0 Å². The molecular formula is C23H22FN7O2. The minimum absolute atomic E-state index is 0.255. The Morgan fingerprint density at radius 3 is 2.91 bits per heavy atom. The van der Waals surface area contributed by atoms with Crippen molar-refractivity contribution in [3.8, 4) is 5.75 Å². The van der Waals surface area contributed by atoms with Crippen LogP contribution in [0.1, 0.15) is 36.7 Å². The number of hydroxylamine groups is 1. The monoisotopic (exact) mass is 447 g/mol. The average Bonchev–Trinajstić information content (AvgIpc) is 3.43. The predicted molar refractivity (Wildman–Crippen MR) is 120 cm³/mol. The first-order valence-electron chi connectivity index (χ1n) is 10.4. The first-order chi connectivity index (χ1) is 16.0. The number of rotatable bonds is 6. The highest BCUT2D eigenvalue weighted by Crippen LogP contribution is 2.30. The Morgan fingerprint density at radius 1 is 1.24 bits per heavy atom. The lowest BCUT2D eigenvalue weighted by Crippen LogP contribution is -2.25. The fraction of sp³-hybridized carbons (Fsp3) is 0.217. The van der Waals surface area contributed by atoms with E-state index in [1.807, 2.05) is 32.0 Å². The van der Waals surface area contributed by atoms with E-state index >= 15 is 0 Å². The largest absolute Gasteiger partial charge is 0.496 e. The molecule has 0 bridgehead atoms. The van der Waals surface area contributed by atoms with E-state index in [9.17, 15) is 4.39 Å². The first-order valence-corrected chi connectivity index (χ1v) is 10.4. The zero-order chi connectivity index (χ0) is 23.0. The summed E-state index contributed by atoms with van der Waals surface area (Å²) in [6.07, 6.45) is 5.16. The molecule has 0 spiro atoms. The SMILES string of the molecule is COc1ccc(F)cc1[C@@H](C)Nc1ccn2ncc(C3=N[C@](C)(c4ccccn4)ON3)c2n1. The molecule has 1 aromatic carbocycles. The number of hydrogen-bond donors (Lipinski definition) is 2.